The third kappa shape index (κ3) is 4.58. The number of nitro benzene ring substituents is 1. The first-order valence-electron chi connectivity index (χ1n) is 8.68. The minimum atomic E-state index is -0.739. The highest BCUT2D eigenvalue weighted by Crippen LogP contribution is 2.29. The van der Waals surface area contributed by atoms with Crippen LogP contribution in [0.15, 0.2) is 40.4 Å². The van der Waals surface area contributed by atoms with Gasteiger partial charge in [0.1, 0.15) is 11.5 Å². The second-order valence-electron chi connectivity index (χ2n) is 6.21. The maximum Gasteiger partial charge on any atom is 0.373 e. The number of rotatable bonds is 6. The number of benzene rings is 1. The van der Waals surface area contributed by atoms with Crippen molar-refractivity contribution in [2.75, 3.05) is 7.11 Å². The predicted octanol–water partition coefficient (Wildman–Crippen LogP) is 1.99. The highest BCUT2D eigenvalue weighted by Gasteiger charge is 2.34. The molecule has 2 aromatic rings. The van der Waals surface area contributed by atoms with Gasteiger partial charge < -0.3 is 19.2 Å². The zero-order valence-electron chi connectivity index (χ0n) is 16.2. The molecule has 0 spiro atoms. The molecule has 1 aromatic heterocycles. The number of nitrogens with zero attached hydrogens (tertiary/aromatic N) is 2. The van der Waals surface area contributed by atoms with Crippen molar-refractivity contribution < 1.29 is 38.0 Å². The molecule has 160 valence electrons. The molecule has 12 heteroatoms. The summed E-state index contributed by atoms with van der Waals surface area (Å²) < 4.78 is 14.6. The summed E-state index contributed by atoms with van der Waals surface area (Å²) in [5, 5.41) is 13.6. The van der Waals surface area contributed by atoms with Crippen molar-refractivity contribution in [2.45, 2.75) is 13.5 Å². The second kappa shape index (κ2) is 8.49. The molecule has 0 radical (unpaired) electrons. The fourth-order valence-electron chi connectivity index (χ4n) is 2.72. The van der Waals surface area contributed by atoms with Gasteiger partial charge in [0.15, 0.2) is 0 Å². The average Bonchev–Trinajstić information content (AvgIpc) is 3.28. The number of hydrogen-bond acceptors (Lipinski definition) is 9. The topological polar surface area (TPSA) is 158 Å². The highest BCUT2D eigenvalue weighted by molar-refractivity contribution is 6.13. The van der Waals surface area contributed by atoms with Gasteiger partial charge in [0, 0.05) is 13.0 Å². The van der Waals surface area contributed by atoms with Gasteiger partial charge in [-0.2, -0.15) is 0 Å². The second-order valence-corrected chi connectivity index (χ2v) is 6.21. The lowest BCUT2D eigenvalue weighted by Gasteiger charge is -2.09. The molecule has 0 saturated carbocycles. The van der Waals surface area contributed by atoms with E-state index in [1.807, 2.05) is 0 Å². The number of imide groups is 1. The van der Waals surface area contributed by atoms with Gasteiger partial charge >= 0.3 is 23.7 Å². The number of nitro groups is 1. The van der Waals surface area contributed by atoms with Gasteiger partial charge in [-0.05, 0) is 29.8 Å². The largest absolute Gasteiger partial charge is 0.463 e. The van der Waals surface area contributed by atoms with E-state index in [4.69, 9.17) is 9.15 Å². The highest BCUT2D eigenvalue weighted by atomic mass is 16.6. The van der Waals surface area contributed by atoms with Crippen molar-refractivity contribution in [1.82, 2.24) is 10.2 Å². The Morgan fingerprint density at radius 1 is 1.26 bits per heavy atom. The number of hydrogen-bond donors (Lipinski definition) is 1. The summed E-state index contributed by atoms with van der Waals surface area (Å²) >= 11 is 0. The summed E-state index contributed by atoms with van der Waals surface area (Å²) in [4.78, 5) is 58.7. The summed E-state index contributed by atoms with van der Waals surface area (Å²) in [7, 11) is 1.18. The third-order valence-electron chi connectivity index (χ3n) is 4.07. The molecule has 0 atom stereocenters. The number of nitrogens with one attached hydrogen (secondary N) is 1. The van der Waals surface area contributed by atoms with Gasteiger partial charge in [0.05, 0.1) is 18.6 Å². The predicted molar refractivity (Wildman–Crippen MR) is 102 cm³/mol. The SMILES string of the molecule is COC(=O)c1ccc(CN2C(=O)N/C(=C\c3ccc(OC(C)=O)c([N+](=O)[O-])c3)C2=O)o1. The van der Waals surface area contributed by atoms with Crippen molar-refractivity contribution in [3.8, 4) is 5.75 Å². The monoisotopic (exact) mass is 429 g/mol. The first-order valence-corrected chi connectivity index (χ1v) is 8.68. The molecule has 1 aliphatic rings. The van der Waals surface area contributed by atoms with E-state index in [0.29, 0.717) is 0 Å². The van der Waals surface area contributed by atoms with Gasteiger partial charge in [0.2, 0.25) is 11.5 Å². The fraction of sp³-hybridized carbons (Fsp3) is 0.158. The first-order chi connectivity index (χ1) is 14.7. The number of urea groups is 1. The van der Waals surface area contributed by atoms with Crippen molar-refractivity contribution in [3.63, 3.8) is 0 Å². The van der Waals surface area contributed by atoms with Crippen LogP contribution in [0.25, 0.3) is 6.08 Å². The fourth-order valence-corrected chi connectivity index (χ4v) is 2.72. The Morgan fingerprint density at radius 2 is 2.00 bits per heavy atom. The quantitative estimate of drug-likeness (QED) is 0.181. The third-order valence-corrected chi connectivity index (χ3v) is 4.07. The van der Waals surface area contributed by atoms with Crippen LogP contribution in [0.4, 0.5) is 10.5 Å². The lowest BCUT2D eigenvalue weighted by atomic mass is 10.1. The Labute approximate surface area is 174 Å². The maximum atomic E-state index is 12.6. The number of esters is 2. The Kier molecular flexibility index (Phi) is 5.81. The van der Waals surface area contributed by atoms with Crippen LogP contribution in [0.3, 0.4) is 0 Å². The number of ether oxygens (including phenoxy) is 2. The molecular weight excluding hydrogens is 414 g/mol. The van der Waals surface area contributed by atoms with Crippen LogP contribution in [0.2, 0.25) is 0 Å². The van der Waals surface area contributed by atoms with E-state index in [1.165, 1.54) is 37.5 Å². The summed E-state index contributed by atoms with van der Waals surface area (Å²) in [6.07, 6.45) is 1.24. The molecule has 1 N–H and O–H groups in total. The molecule has 31 heavy (non-hydrogen) atoms. The smallest absolute Gasteiger partial charge is 0.373 e. The molecule has 0 unspecified atom stereocenters. The standard InChI is InChI=1S/C19H15N3O9/c1-10(23)30-15-5-3-11(8-14(15)22(27)28)7-13-17(24)21(19(26)20-13)9-12-4-6-16(31-12)18(25)29-2/h3-8H,9H2,1-2H3,(H,20,26)/b13-7-. The van der Waals surface area contributed by atoms with Gasteiger partial charge in [-0.1, -0.05) is 6.07 Å². The molecule has 1 fully saturated rings. The first kappa shape index (κ1) is 21.2. The van der Waals surface area contributed by atoms with E-state index in [9.17, 15) is 29.3 Å². The number of furan rings is 1. The summed E-state index contributed by atoms with van der Waals surface area (Å²) in [5.41, 5.74) is -0.387. The summed E-state index contributed by atoms with van der Waals surface area (Å²) in [6.45, 7) is 0.860. The van der Waals surface area contributed by atoms with Gasteiger partial charge in [-0.25, -0.2) is 9.59 Å². The molecule has 12 nitrogen and oxygen atoms in total. The normalized spacial score (nSPS) is 14.5. The zero-order valence-corrected chi connectivity index (χ0v) is 16.2. The maximum absolute atomic E-state index is 12.6. The Hall–Kier alpha value is -4.48. The van der Waals surface area contributed by atoms with Crippen molar-refractivity contribution >= 4 is 35.6 Å². The zero-order chi connectivity index (χ0) is 22.7. The Balaban J connectivity index is 1.82. The van der Waals surface area contributed by atoms with Crippen LogP contribution in [0.5, 0.6) is 5.75 Å². The van der Waals surface area contributed by atoms with Crippen LogP contribution in [0.1, 0.15) is 28.8 Å². The Bertz CT molecular complexity index is 1130. The van der Waals surface area contributed by atoms with E-state index in [1.54, 1.807) is 0 Å². The molecule has 3 amide bonds. The van der Waals surface area contributed by atoms with Crippen LogP contribution in [-0.4, -0.2) is 40.8 Å². The molecule has 2 heterocycles. The minimum absolute atomic E-state index is 0.0829. The number of methoxy groups -OCH3 is 1. The van der Waals surface area contributed by atoms with Crippen molar-refractivity contribution in [2.24, 2.45) is 0 Å². The number of carbonyl (C=O) groups is 4. The summed E-state index contributed by atoms with van der Waals surface area (Å²) in [6, 6.07) is 5.73. The van der Waals surface area contributed by atoms with Crippen LogP contribution >= 0.6 is 0 Å². The van der Waals surface area contributed by atoms with Crippen LogP contribution in [-0.2, 0) is 20.9 Å². The number of amides is 3. The molecule has 1 aromatic carbocycles. The van der Waals surface area contributed by atoms with Crippen molar-refractivity contribution in [1.29, 1.82) is 0 Å². The van der Waals surface area contributed by atoms with Gasteiger partial charge in [-0.3, -0.25) is 24.6 Å². The molecule has 3 rings (SSSR count). The molecular formula is C19H15N3O9. The van der Waals surface area contributed by atoms with E-state index in [0.717, 1.165) is 17.9 Å². The molecule has 1 aliphatic heterocycles. The van der Waals surface area contributed by atoms with E-state index in [-0.39, 0.29) is 35.1 Å². The Morgan fingerprint density at radius 3 is 2.65 bits per heavy atom. The van der Waals surface area contributed by atoms with Gasteiger partial charge in [-0.15, -0.1) is 0 Å². The van der Waals surface area contributed by atoms with Gasteiger partial charge in [0.25, 0.3) is 5.91 Å². The molecule has 0 aliphatic carbocycles. The lowest BCUT2D eigenvalue weighted by molar-refractivity contribution is -0.385. The van der Waals surface area contributed by atoms with E-state index in [2.05, 4.69) is 10.1 Å². The van der Waals surface area contributed by atoms with Crippen LogP contribution in [0, 0.1) is 10.1 Å². The van der Waals surface area contributed by atoms with E-state index >= 15 is 0 Å². The minimum Gasteiger partial charge on any atom is -0.463 e. The van der Waals surface area contributed by atoms with Crippen molar-refractivity contribution in [3.05, 3.63) is 63.2 Å². The summed E-state index contributed by atoms with van der Waals surface area (Å²) in [5.74, 6) is -2.29. The molecule has 0 bridgehead atoms. The van der Waals surface area contributed by atoms with E-state index < -0.39 is 34.5 Å². The average molecular weight is 429 g/mol. The molecule has 1 saturated heterocycles. The lowest BCUT2D eigenvalue weighted by Crippen LogP contribution is -2.30. The van der Waals surface area contributed by atoms with Crippen LogP contribution < -0.4 is 10.1 Å². The number of carbonyl (C=O) groups excluding carboxylic acids is 4.